The fourth-order valence-electron chi connectivity index (χ4n) is 3.66. The van der Waals surface area contributed by atoms with E-state index in [1.165, 1.54) is 22.3 Å². The Kier molecular flexibility index (Phi) is 3.97. The van der Waals surface area contributed by atoms with Crippen LogP contribution in [-0.4, -0.2) is 37.4 Å². The molecule has 2 aromatic carbocycles. The molecule has 0 aliphatic carbocycles. The third kappa shape index (κ3) is 3.00. The Morgan fingerprint density at radius 2 is 1.20 bits per heavy atom. The van der Waals surface area contributed by atoms with Gasteiger partial charge in [0.15, 0.2) is 0 Å². The smallest absolute Gasteiger partial charge is 0.142 e. The monoisotopic (exact) mass is 338 g/mol. The lowest BCUT2D eigenvalue weighted by Gasteiger charge is -2.32. The van der Waals surface area contributed by atoms with Crippen LogP contribution in [0.3, 0.4) is 0 Å². The maximum Gasteiger partial charge on any atom is 0.142 e. The van der Waals surface area contributed by atoms with Gasteiger partial charge >= 0.3 is 0 Å². The van der Waals surface area contributed by atoms with Crippen molar-refractivity contribution in [3.05, 3.63) is 58.7 Å². The number of fused-ring (bicyclic) bond motifs is 2. The van der Waals surface area contributed by atoms with Gasteiger partial charge in [0.1, 0.15) is 25.0 Å². The van der Waals surface area contributed by atoms with Gasteiger partial charge < -0.3 is 9.47 Å². The fourth-order valence-corrected chi connectivity index (χ4v) is 3.66. The number of nitrogens with zero attached hydrogens (tertiary/aromatic N) is 2. The number of benzene rings is 2. The summed E-state index contributed by atoms with van der Waals surface area (Å²) in [5.74, 6) is 2.02. The zero-order chi connectivity index (χ0) is 17.6. The zero-order valence-electron chi connectivity index (χ0n) is 15.5. The normalized spacial score (nSPS) is 18.1. The molecular weight excluding hydrogens is 312 g/mol. The lowest BCUT2D eigenvalue weighted by Crippen LogP contribution is -2.29. The van der Waals surface area contributed by atoms with Gasteiger partial charge in [0.25, 0.3) is 0 Å². The van der Waals surface area contributed by atoms with Crippen molar-refractivity contribution < 1.29 is 9.47 Å². The molecule has 0 N–H and O–H groups in total. The Bertz CT molecular complexity index is 735. The van der Waals surface area contributed by atoms with E-state index in [4.69, 9.17) is 9.47 Å². The summed E-state index contributed by atoms with van der Waals surface area (Å²) in [6.45, 7) is 7.76. The number of hydrogen-bond donors (Lipinski definition) is 0. The lowest BCUT2D eigenvalue weighted by atomic mass is 9.77. The van der Waals surface area contributed by atoms with Crippen molar-refractivity contribution in [1.29, 1.82) is 0 Å². The van der Waals surface area contributed by atoms with Crippen LogP contribution >= 0.6 is 0 Å². The summed E-state index contributed by atoms with van der Waals surface area (Å²) < 4.78 is 11.6. The van der Waals surface area contributed by atoms with Gasteiger partial charge in [-0.25, -0.2) is 0 Å². The van der Waals surface area contributed by atoms with Crippen LogP contribution in [0.5, 0.6) is 11.5 Å². The molecule has 2 aliphatic rings. The summed E-state index contributed by atoms with van der Waals surface area (Å²) in [5, 5.41) is 0. The summed E-state index contributed by atoms with van der Waals surface area (Å²) >= 11 is 0. The number of hydrogen-bond acceptors (Lipinski definition) is 4. The van der Waals surface area contributed by atoms with Crippen LogP contribution in [0.4, 0.5) is 0 Å². The molecule has 0 saturated heterocycles. The fraction of sp³-hybridized carbons (Fsp3) is 0.429. The molecular formula is C21H26N2O2. The Balaban J connectivity index is 1.70. The molecule has 0 unspecified atom stereocenters. The molecule has 0 spiro atoms. The quantitative estimate of drug-likeness (QED) is 0.836. The van der Waals surface area contributed by atoms with Crippen molar-refractivity contribution in [2.24, 2.45) is 0 Å². The van der Waals surface area contributed by atoms with Crippen molar-refractivity contribution in [3.8, 4) is 11.5 Å². The second kappa shape index (κ2) is 6.04. The molecule has 25 heavy (non-hydrogen) atoms. The van der Waals surface area contributed by atoms with Gasteiger partial charge in [0.2, 0.25) is 0 Å². The Hall–Kier alpha value is -2.04. The minimum Gasteiger partial charge on any atom is -0.478 e. The standard InChI is InChI=1S/C21H26N2O2/c1-21(2,17-5-7-19-15(9-17)11-22(3)13-24-19)18-6-8-20-16(10-18)12-23(4)14-25-20/h5-10H,11-14H2,1-4H3. The van der Waals surface area contributed by atoms with E-state index < -0.39 is 0 Å². The van der Waals surface area contributed by atoms with Crippen LogP contribution < -0.4 is 9.47 Å². The van der Waals surface area contributed by atoms with E-state index in [9.17, 15) is 0 Å². The first-order valence-corrected chi connectivity index (χ1v) is 8.83. The molecule has 0 saturated carbocycles. The molecule has 0 radical (unpaired) electrons. The highest BCUT2D eigenvalue weighted by molar-refractivity contribution is 5.48. The topological polar surface area (TPSA) is 24.9 Å². The van der Waals surface area contributed by atoms with E-state index in [1.54, 1.807) is 0 Å². The van der Waals surface area contributed by atoms with Gasteiger partial charge in [0.05, 0.1) is 0 Å². The number of ether oxygens (including phenoxy) is 2. The van der Waals surface area contributed by atoms with E-state index in [2.05, 4.69) is 74.1 Å². The van der Waals surface area contributed by atoms with Crippen LogP contribution in [0.15, 0.2) is 36.4 Å². The van der Waals surface area contributed by atoms with Gasteiger partial charge in [-0.05, 0) is 49.5 Å². The average Bonchev–Trinajstić information content (AvgIpc) is 2.60. The summed E-state index contributed by atoms with van der Waals surface area (Å²) in [4.78, 5) is 4.37. The molecule has 132 valence electrons. The van der Waals surface area contributed by atoms with Gasteiger partial charge in [-0.1, -0.05) is 26.0 Å². The third-order valence-electron chi connectivity index (χ3n) is 5.33. The van der Waals surface area contributed by atoms with Gasteiger partial charge in [-0.15, -0.1) is 0 Å². The van der Waals surface area contributed by atoms with Crippen LogP contribution in [0.2, 0.25) is 0 Å². The van der Waals surface area contributed by atoms with E-state index in [-0.39, 0.29) is 5.41 Å². The molecule has 0 aromatic heterocycles. The van der Waals surface area contributed by atoms with Crippen LogP contribution in [-0.2, 0) is 18.5 Å². The van der Waals surface area contributed by atoms with Gasteiger partial charge in [-0.3, -0.25) is 9.80 Å². The van der Waals surface area contributed by atoms with Crippen molar-refractivity contribution in [3.63, 3.8) is 0 Å². The lowest BCUT2D eigenvalue weighted by molar-refractivity contribution is 0.121. The molecule has 0 fully saturated rings. The minimum absolute atomic E-state index is 0.0733. The summed E-state index contributed by atoms with van der Waals surface area (Å²) in [6.07, 6.45) is 0. The number of rotatable bonds is 2. The van der Waals surface area contributed by atoms with Gasteiger partial charge in [-0.2, -0.15) is 0 Å². The molecule has 2 aromatic rings. The van der Waals surface area contributed by atoms with Crippen molar-refractivity contribution in [2.75, 3.05) is 27.6 Å². The molecule has 0 bridgehead atoms. The zero-order valence-corrected chi connectivity index (χ0v) is 15.5. The van der Waals surface area contributed by atoms with Crippen LogP contribution in [0.25, 0.3) is 0 Å². The SMILES string of the molecule is CN1COc2ccc(C(C)(C)c3ccc4c(c3)CN(C)CO4)cc2C1. The van der Waals surface area contributed by atoms with E-state index >= 15 is 0 Å². The molecule has 4 heteroatoms. The third-order valence-corrected chi connectivity index (χ3v) is 5.33. The molecule has 0 amide bonds. The van der Waals surface area contributed by atoms with Crippen molar-refractivity contribution >= 4 is 0 Å². The molecule has 2 aliphatic heterocycles. The first-order chi connectivity index (χ1) is 11.9. The highest BCUT2D eigenvalue weighted by atomic mass is 16.5. The molecule has 2 heterocycles. The minimum atomic E-state index is -0.0733. The average molecular weight is 338 g/mol. The largest absolute Gasteiger partial charge is 0.478 e. The first-order valence-electron chi connectivity index (χ1n) is 8.83. The Labute approximate surface area is 150 Å². The van der Waals surface area contributed by atoms with E-state index in [0.717, 1.165) is 24.6 Å². The summed E-state index contributed by atoms with van der Waals surface area (Å²) in [6, 6.07) is 13.2. The Morgan fingerprint density at radius 1 is 0.760 bits per heavy atom. The van der Waals surface area contributed by atoms with E-state index in [0.29, 0.717) is 13.5 Å². The van der Waals surface area contributed by atoms with Gasteiger partial charge in [0, 0.05) is 29.6 Å². The maximum atomic E-state index is 5.80. The summed E-state index contributed by atoms with van der Waals surface area (Å²) in [5.41, 5.74) is 5.09. The molecule has 4 nitrogen and oxygen atoms in total. The van der Waals surface area contributed by atoms with Crippen LogP contribution in [0, 0.1) is 0 Å². The predicted octanol–water partition coefficient (Wildman–Crippen LogP) is 3.58. The van der Waals surface area contributed by atoms with Crippen molar-refractivity contribution in [2.45, 2.75) is 32.4 Å². The molecule has 4 rings (SSSR count). The first kappa shape index (κ1) is 16.4. The molecule has 0 atom stereocenters. The maximum absolute atomic E-state index is 5.80. The second-order valence-electron chi connectivity index (χ2n) is 7.85. The van der Waals surface area contributed by atoms with Crippen LogP contribution in [0.1, 0.15) is 36.1 Å². The summed E-state index contributed by atoms with van der Waals surface area (Å²) in [7, 11) is 4.17. The highest BCUT2D eigenvalue weighted by Gasteiger charge is 2.27. The second-order valence-corrected chi connectivity index (χ2v) is 7.85. The van der Waals surface area contributed by atoms with E-state index in [1.807, 2.05) is 0 Å². The predicted molar refractivity (Wildman–Crippen MR) is 98.9 cm³/mol. The Morgan fingerprint density at radius 3 is 1.64 bits per heavy atom. The highest BCUT2D eigenvalue weighted by Crippen LogP contribution is 2.37. The van der Waals surface area contributed by atoms with Crippen molar-refractivity contribution in [1.82, 2.24) is 9.80 Å².